The number of Topliss-reactive ketones (excluding diaryl/α,β-unsaturated/α-hetero) is 2. The highest BCUT2D eigenvalue weighted by molar-refractivity contribution is 6.39. The lowest BCUT2D eigenvalue weighted by molar-refractivity contribution is -0.140. The van der Waals surface area contributed by atoms with Gasteiger partial charge in [-0.15, -0.1) is 0 Å². The molecule has 0 radical (unpaired) electrons. The number of amides is 2. The molecule has 0 unspecified atom stereocenters. The Labute approximate surface area is 225 Å². The van der Waals surface area contributed by atoms with E-state index in [4.69, 9.17) is 4.74 Å². The first-order valence-corrected chi connectivity index (χ1v) is 13.2. The van der Waals surface area contributed by atoms with Crippen molar-refractivity contribution in [3.8, 4) is 0 Å². The van der Waals surface area contributed by atoms with Crippen molar-refractivity contribution in [1.29, 1.82) is 0 Å². The lowest BCUT2D eigenvalue weighted by Gasteiger charge is -2.32. The lowest BCUT2D eigenvalue weighted by atomic mass is 9.86. The van der Waals surface area contributed by atoms with Gasteiger partial charge in [0.15, 0.2) is 0 Å². The molecule has 1 heterocycles. The van der Waals surface area contributed by atoms with Gasteiger partial charge in [0.05, 0.1) is 0 Å². The number of hydrogen-bond acceptors (Lipinski definition) is 5. The fraction of sp³-hybridized carbons (Fsp3) is 0.484. The highest BCUT2D eigenvalue weighted by Gasteiger charge is 2.29. The van der Waals surface area contributed by atoms with Crippen LogP contribution in [0.3, 0.4) is 0 Å². The molecule has 0 saturated carbocycles. The molecule has 0 aliphatic carbocycles. The Morgan fingerprint density at radius 1 is 0.895 bits per heavy atom. The first-order valence-electron chi connectivity index (χ1n) is 13.2. The molecular weight excluding hydrogens is 480 g/mol. The molecule has 1 fully saturated rings. The Kier molecular flexibility index (Phi) is 9.13. The number of nitrogens with one attached hydrogen (secondary N) is 1. The second kappa shape index (κ2) is 11.9. The molecule has 2 aromatic carbocycles. The van der Waals surface area contributed by atoms with Crippen LogP contribution < -0.4 is 5.32 Å². The monoisotopic (exact) mass is 520 g/mol. The third kappa shape index (κ3) is 8.27. The number of rotatable bonds is 7. The molecule has 3 rings (SSSR count). The van der Waals surface area contributed by atoms with Crippen molar-refractivity contribution in [3.63, 3.8) is 0 Å². The highest BCUT2D eigenvalue weighted by Crippen LogP contribution is 2.29. The van der Waals surface area contributed by atoms with Crippen LogP contribution >= 0.6 is 0 Å². The van der Waals surface area contributed by atoms with Crippen molar-refractivity contribution in [2.75, 3.05) is 13.1 Å². The molecule has 1 aliphatic heterocycles. The molecule has 204 valence electrons. The fourth-order valence-electron chi connectivity index (χ4n) is 4.54. The van der Waals surface area contributed by atoms with Crippen LogP contribution in [0.5, 0.6) is 0 Å². The van der Waals surface area contributed by atoms with Gasteiger partial charge in [0.2, 0.25) is 11.6 Å². The zero-order valence-corrected chi connectivity index (χ0v) is 23.4. The summed E-state index contributed by atoms with van der Waals surface area (Å²) >= 11 is 0. The zero-order valence-electron chi connectivity index (χ0n) is 23.4. The number of nitrogens with zero attached hydrogens (tertiary/aromatic N) is 1. The van der Waals surface area contributed by atoms with Gasteiger partial charge in [-0.3, -0.25) is 14.4 Å². The maximum absolute atomic E-state index is 13.2. The molecule has 0 aromatic heterocycles. The molecule has 7 heteroatoms. The first kappa shape index (κ1) is 29.1. The van der Waals surface area contributed by atoms with Gasteiger partial charge in [-0.2, -0.15) is 0 Å². The number of likely N-dealkylation sites (tertiary alicyclic amines) is 1. The van der Waals surface area contributed by atoms with E-state index in [2.05, 4.69) is 17.4 Å². The number of carbonyl (C=O) groups excluding carboxylic acids is 4. The Hall–Kier alpha value is -3.48. The number of ether oxygens (including phenoxy) is 1. The molecule has 2 amide bonds. The van der Waals surface area contributed by atoms with Crippen LogP contribution in [0, 0.1) is 5.41 Å². The molecule has 2 aromatic rings. The first-order chi connectivity index (χ1) is 17.7. The minimum Gasteiger partial charge on any atom is -0.444 e. The molecule has 1 aliphatic rings. The quantitative estimate of drug-likeness (QED) is 0.490. The number of hydrogen-bond donors (Lipinski definition) is 1. The second-order valence-electron chi connectivity index (χ2n) is 12.0. The van der Waals surface area contributed by atoms with E-state index in [0.717, 1.165) is 18.4 Å². The van der Waals surface area contributed by atoms with Gasteiger partial charge < -0.3 is 15.0 Å². The fourth-order valence-corrected chi connectivity index (χ4v) is 4.54. The van der Waals surface area contributed by atoms with Crippen molar-refractivity contribution in [1.82, 2.24) is 10.2 Å². The summed E-state index contributed by atoms with van der Waals surface area (Å²) in [7, 11) is 0. The molecule has 7 nitrogen and oxygen atoms in total. The molecule has 0 bridgehead atoms. The Balaban J connectivity index is 1.56. The van der Waals surface area contributed by atoms with Crippen LogP contribution in [0.1, 0.15) is 87.4 Å². The van der Waals surface area contributed by atoms with Gasteiger partial charge in [0.25, 0.3) is 5.91 Å². The Bertz CT molecular complexity index is 1180. The summed E-state index contributed by atoms with van der Waals surface area (Å²) in [6.07, 6.45) is 1.24. The minimum absolute atomic E-state index is 0.00157. The smallest absolute Gasteiger partial charge is 0.407 e. The van der Waals surface area contributed by atoms with Crippen molar-refractivity contribution in [2.45, 2.75) is 78.9 Å². The van der Waals surface area contributed by atoms with Crippen molar-refractivity contribution in [2.24, 2.45) is 5.41 Å². The summed E-state index contributed by atoms with van der Waals surface area (Å²) in [5.74, 6) is -0.574. The maximum atomic E-state index is 13.2. The molecule has 38 heavy (non-hydrogen) atoms. The van der Waals surface area contributed by atoms with E-state index in [1.807, 2.05) is 37.8 Å². The van der Waals surface area contributed by atoms with Gasteiger partial charge >= 0.3 is 6.09 Å². The Morgan fingerprint density at radius 2 is 1.53 bits per heavy atom. The van der Waals surface area contributed by atoms with Crippen molar-refractivity contribution >= 4 is 23.6 Å². The average molecular weight is 521 g/mol. The lowest BCUT2D eigenvalue weighted by Crippen LogP contribution is -2.38. The predicted octanol–water partition coefficient (Wildman–Crippen LogP) is 5.46. The standard InChI is InChI=1S/C31H40N2O5/c1-30(2,3)27(35)26(34)19-21-9-7-12-25(17-21)28(36)33-15-13-23(14-16-33)24-11-8-10-22(18-24)20-32-29(37)38-31(4,5)6/h7-12,17-18,23H,13-16,19-20H2,1-6H3,(H,32,37). The van der Waals surface area contributed by atoms with Crippen molar-refractivity contribution in [3.05, 3.63) is 70.8 Å². The largest absolute Gasteiger partial charge is 0.444 e. The van der Waals surface area contributed by atoms with Crippen LogP contribution in [-0.4, -0.2) is 47.2 Å². The van der Waals surface area contributed by atoms with Gasteiger partial charge in [-0.25, -0.2) is 4.79 Å². The van der Waals surface area contributed by atoms with Gasteiger partial charge in [-0.05, 0) is 68.4 Å². The van der Waals surface area contributed by atoms with E-state index >= 15 is 0 Å². The van der Waals surface area contributed by atoms with E-state index < -0.39 is 28.7 Å². The molecule has 0 atom stereocenters. The van der Waals surface area contributed by atoms with E-state index in [9.17, 15) is 19.2 Å². The zero-order chi connectivity index (χ0) is 28.1. The maximum Gasteiger partial charge on any atom is 0.407 e. The second-order valence-corrected chi connectivity index (χ2v) is 12.0. The van der Waals surface area contributed by atoms with E-state index in [-0.39, 0.29) is 12.3 Å². The number of alkyl carbamates (subject to hydrolysis) is 1. The topological polar surface area (TPSA) is 92.8 Å². The summed E-state index contributed by atoms with van der Waals surface area (Å²) in [5, 5.41) is 2.80. The molecule has 1 N–H and O–H groups in total. The van der Waals surface area contributed by atoms with Crippen LogP contribution in [0.4, 0.5) is 4.79 Å². The summed E-state index contributed by atoms with van der Waals surface area (Å²) in [6, 6.07) is 15.2. The SMILES string of the molecule is CC(C)(C)OC(=O)NCc1cccc(C2CCN(C(=O)c3cccc(CC(=O)C(=O)C(C)(C)C)c3)CC2)c1. The third-order valence-corrected chi connectivity index (χ3v) is 6.51. The predicted molar refractivity (Wildman–Crippen MR) is 147 cm³/mol. The molecule has 0 spiro atoms. The number of piperidine rings is 1. The number of ketones is 2. The highest BCUT2D eigenvalue weighted by atomic mass is 16.6. The summed E-state index contributed by atoms with van der Waals surface area (Å²) in [5.41, 5.74) is 2.15. The average Bonchev–Trinajstić information content (AvgIpc) is 2.85. The van der Waals surface area contributed by atoms with Gasteiger partial charge in [0.1, 0.15) is 5.60 Å². The van der Waals surface area contributed by atoms with Gasteiger partial charge in [0, 0.05) is 37.0 Å². The Morgan fingerprint density at radius 3 is 2.16 bits per heavy atom. The van der Waals surface area contributed by atoms with Crippen LogP contribution in [-0.2, 0) is 27.3 Å². The van der Waals surface area contributed by atoms with Gasteiger partial charge in [-0.1, -0.05) is 57.2 Å². The van der Waals surface area contributed by atoms with Crippen LogP contribution in [0.2, 0.25) is 0 Å². The molecular formula is C31H40N2O5. The third-order valence-electron chi connectivity index (χ3n) is 6.51. The van der Waals surface area contributed by atoms with E-state index in [1.54, 1.807) is 45.0 Å². The summed E-state index contributed by atoms with van der Waals surface area (Å²) < 4.78 is 5.31. The van der Waals surface area contributed by atoms with Crippen LogP contribution in [0.15, 0.2) is 48.5 Å². The summed E-state index contributed by atoms with van der Waals surface area (Å²) in [6.45, 7) is 12.3. The van der Waals surface area contributed by atoms with E-state index in [0.29, 0.717) is 36.7 Å². The number of benzene rings is 2. The van der Waals surface area contributed by atoms with Crippen molar-refractivity contribution < 1.29 is 23.9 Å². The normalized spacial score (nSPS) is 14.6. The minimum atomic E-state index is -0.719. The van der Waals surface area contributed by atoms with E-state index in [1.165, 1.54) is 5.56 Å². The van der Waals surface area contributed by atoms with Crippen LogP contribution in [0.25, 0.3) is 0 Å². The number of carbonyl (C=O) groups is 4. The summed E-state index contributed by atoms with van der Waals surface area (Å²) in [4.78, 5) is 51.7. The molecule has 1 saturated heterocycles.